The second-order valence-corrected chi connectivity index (χ2v) is 15.4. The highest BCUT2D eigenvalue weighted by Gasteiger charge is 2.29. The Balaban J connectivity index is 1.73. The molecule has 0 radical (unpaired) electrons. The SMILES string of the molecule is CC(C)(C)OC(=O)OCOc1ccc([S+](c2ccc(OCOC(=O)OC(C)(C)C)cc2)c2ccc(OCOC(=O)OC(C)(C)C)cc2)cc1. The first kappa shape index (κ1) is 38.7. The van der Waals surface area contributed by atoms with Crippen LogP contribution >= 0.6 is 0 Å². The molecular formula is C36H45O12S+. The molecule has 0 aliphatic carbocycles. The Kier molecular flexibility index (Phi) is 13.5. The van der Waals surface area contributed by atoms with Crippen molar-refractivity contribution in [3.63, 3.8) is 0 Å². The lowest BCUT2D eigenvalue weighted by molar-refractivity contribution is -0.0374. The minimum atomic E-state index is -0.821. The van der Waals surface area contributed by atoms with E-state index in [1.165, 1.54) is 0 Å². The Morgan fingerprint density at radius 2 is 0.653 bits per heavy atom. The number of carbonyl (C=O) groups excluding carboxylic acids is 3. The van der Waals surface area contributed by atoms with E-state index in [4.69, 9.17) is 42.6 Å². The Hall–Kier alpha value is -4.78. The molecule has 0 bridgehead atoms. The van der Waals surface area contributed by atoms with Crippen LogP contribution in [0.4, 0.5) is 14.4 Å². The summed E-state index contributed by atoms with van der Waals surface area (Å²) in [6.07, 6.45) is -2.46. The van der Waals surface area contributed by atoms with Gasteiger partial charge in [-0.3, -0.25) is 0 Å². The van der Waals surface area contributed by atoms with Gasteiger partial charge >= 0.3 is 18.5 Å². The summed E-state index contributed by atoms with van der Waals surface area (Å²) in [4.78, 5) is 38.4. The number of ether oxygens (including phenoxy) is 9. The quantitative estimate of drug-likeness (QED) is 0.0774. The van der Waals surface area contributed by atoms with E-state index in [0.717, 1.165) is 14.7 Å². The third kappa shape index (κ3) is 14.9. The van der Waals surface area contributed by atoms with E-state index in [1.807, 2.05) is 36.4 Å². The van der Waals surface area contributed by atoms with Crippen LogP contribution in [0.5, 0.6) is 17.2 Å². The molecule has 0 heterocycles. The van der Waals surface area contributed by atoms with Crippen molar-refractivity contribution in [2.45, 2.75) is 93.8 Å². The predicted molar refractivity (Wildman–Crippen MR) is 180 cm³/mol. The molecular weight excluding hydrogens is 656 g/mol. The van der Waals surface area contributed by atoms with Crippen LogP contribution in [-0.2, 0) is 39.3 Å². The molecule has 3 aromatic rings. The zero-order valence-corrected chi connectivity index (χ0v) is 30.2. The average molecular weight is 702 g/mol. The molecule has 3 rings (SSSR count). The van der Waals surface area contributed by atoms with E-state index in [1.54, 1.807) is 98.7 Å². The number of benzene rings is 3. The molecule has 0 atom stereocenters. The molecule has 0 fully saturated rings. The topological polar surface area (TPSA) is 134 Å². The van der Waals surface area contributed by atoms with Crippen molar-refractivity contribution in [2.24, 2.45) is 0 Å². The standard InChI is InChI=1S/C36H45O12S/c1-34(2,3)46-31(37)43-22-40-25-10-16-28(17-11-25)49(29-18-12-26(13-19-29)41-23-44-32(38)47-35(4,5)6)30-20-14-27(15-21-30)42-24-45-33(39)48-36(7,8)9/h10-21H,22-24H2,1-9H3/q+1. The van der Waals surface area contributed by atoms with Crippen LogP contribution in [0.25, 0.3) is 0 Å². The van der Waals surface area contributed by atoms with E-state index < -0.39 is 46.2 Å². The van der Waals surface area contributed by atoms with Gasteiger partial charge < -0.3 is 42.6 Å². The molecule has 0 saturated heterocycles. The maximum Gasteiger partial charge on any atom is 0.511 e. The first-order valence-electron chi connectivity index (χ1n) is 15.4. The van der Waals surface area contributed by atoms with E-state index in [-0.39, 0.29) is 20.4 Å². The van der Waals surface area contributed by atoms with Crippen molar-refractivity contribution in [3.8, 4) is 17.2 Å². The van der Waals surface area contributed by atoms with E-state index in [0.29, 0.717) is 17.2 Å². The van der Waals surface area contributed by atoms with E-state index in [9.17, 15) is 14.4 Å². The van der Waals surface area contributed by atoms with Crippen molar-refractivity contribution in [3.05, 3.63) is 72.8 Å². The molecule has 266 valence electrons. The fourth-order valence-electron chi connectivity index (χ4n) is 3.70. The number of rotatable bonds is 12. The third-order valence-corrected chi connectivity index (χ3v) is 7.78. The summed E-state index contributed by atoms with van der Waals surface area (Å²) in [5, 5.41) is 0. The monoisotopic (exact) mass is 701 g/mol. The second kappa shape index (κ2) is 17.0. The molecule has 0 spiro atoms. The fourth-order valence-corrected chi connectivity index (χ4v) is 5.74. The summed E-state index contributed by atoms with van der Waals surface area (Å²) in [6.45, 7) is 14.8. The molecule has 0 saturated carbocycles. The van der Waals surface area contributed by atoms with Crippen molar-refractivity contribution >= 4 is 29.4 Å². The fraction of sp³-hybridized carbons (Fsp3) is 0.417. The van der Waals surface area contributed by atoms with Gasteiger partial charge in [0.2, 0.25) is 20.4 Å². The highest BCUT2D eigenvalue weighted by atomic mass is 32.2. The number of hydrogen-bond donors (Lipinski definition) is 0. The molecule has 0 unspecified atom stereocenters. The van der Waals surface area contributed by atoms with Crippen LogP contribution in [0.2, 0.25) is 0 Å². The maximum atomic E-state index is 11.8. The van der Waals surface area contributed by atoms with Crippen LogP contribution in [0.1, 0.15) is 62.3 Å². The molecule has 0 N–H and O–H groups in total. The second-order valence-electron chi connectivity index (χ2n) is 13.3. The summed E-state index contributed by atoms with van der Waals surface area (Å²) in [6, 6.07) is 22.2. The summed E-state index contributed by atoms with van der Waals surface area (Å²) >= 11 is 0. The Morgan fingerprint density at radius 3 is 0.857 bits per heavy atom. The molecule has 49 heavy (non-hydrogen) atoms. The number of carbonyl (C=O) groups is 3. The van der Waals surface area contributed by atoms with Gasteiger partial charge in [-0.2, -0.15) is 0 Å². The van der Waals surface area contributed by atoms with Crippen molar-refractivity contribution in [1.82, 2.24) is 0 Å². The van der Waals surface area contributed by atoms with E-state index >= 15 is 0 Å². The van der Waals surface area contributed by atoms with Gasteiger partial charge in [-0.15, -0.1) is 0 Å². The zero-order valence-electron chi connectivity index (χ0n) is 29.4. The molecule has 3 aromatic carbocycles. The number of hydrogen-bond acceptors (Lipinski definition) is 12. The van der Waals surface area contributed by atoms with Gasteiger partial charge in [0.15, 0.2) is 14.7 Å². The molecule has 0 aliphatic heterocycles. The highest BCUT2D eigenvalue weighted by Crippen LogP contribution is 2.34. The Bertz CT molecular complexity index is 1320. The summed E-state index contributed by atoms with van der Waals surface area (Å²) in [7, 11) is -0.596. The van der Waals surface area contributed by atoms with Gasteiger partial charge in [-0.25, -0.2) is 14.4 Å². The molecule has 12 nitrogen and oxygen atoms in total. The van der Waals surface area contributed by atoms with Gasteiger partial charge in [-0.1, -0.05) is 0 Å². The Morgan fingerprint density at radius 1 is 0.429 bits per heavy atom. The normalized spacial score (nSPS) is 11.6. The van der Waals surface area contributed by atoms with Crippen LogP contribution in [0.15, 0.2) is 87.5 Å². The van der Waals surface area contributed by atoms with Gasteiger partial charge in [0, 0.05) is 0 Å². The summed E-state index contributed by atoms with van der Waals surface area (Å²) in [5.74, 6) is 1.50. The van der Waals surface area contributed by atoms with Crippen LogP contribution < -0.4 is 14.2 Å². The van der Waals surface area contributed by atoms with Gasteiger partial charge in [0.05, 0.1) is 10.9 Å². The first-order valence-corrected chi connectivity index (χ1v) is 16.6. The van der Waals surface area contributed by atoms with Crippen LogP contribution in [-0.4, -0.2) is 55.6 Å². The lowest BCUT2D eigenvalue weighted by atomic mass is 10.2. The lowest BCUT2D eigenvalue weighted by Gasteiger charge is -2.18. The summed E-state index contributed by atoms with van der Waals surface area (Å²) < 4.78 is 47.2. The minimum absolute atomic E-state index is 0.307. The lowest BCUT2D eigenvalue weighted by Crippen LogP contribution is -2.25. The van der Waals surface area contributed by atoms with Crippen LogP contribution in [0.3, 0.4) is 0 Å². The van der Waals surface area contributed by atoms with Crippen molar-refractivity contribution in [1.29, 1.82) is 0 Å². The smallest absolute Gasteiger partial charge is 0.457 e. The highest BCUT2D eigenvalue weighted by molar-refractivity contribution is 7.97. The zero-order chi connectivity index (χ0) is 36.2. The van der Waals surface area contributed by atoms with Crippen molar-refractivity contribution < 1.29 is 57.0 Å². The molecule has 0 amide bonds. The molecule has 13 heteroatoms. The summed E-state index contributed by atoms with van der Waals surface area (Å²) in [5.41, 5.74) is -2.03. The average Bonchev–Trinajstić information content (AvgIpc) is 2.97. The molecule has 0 aromatic heterocycles. The minimum Gasteiger partial charge on any atom is -0.457 e. The van der Waals surface area contributed by atoms with Gasteiger partial charge in [0.25, 0.3) is 0 Å². The maximum absolute atomic E-state index is 11.8. The van der Waals surface area contributed by atoms with Gasteiger partial charge in [0.1, 0.15) is 34.1 Å². The first-order chi connectivity index (χ1) is 22.9. The van der Waals surface area contributed by atoms with Crippen molar-refractivity contribution in [2.75, 3.05) is 20.4 Å². The molecule has 0 aliphatic rings. The van der Waals surface area contributed by atoms with E-state index in [2.05, 4.69) is 0 Å². The largest absolute Gasteiger partial charge is 0.511 e. The van der Waals surface area contributed by atoms with Gasteiger partial charge in [-0.05, 0) is 135 Å². The Labute approximate surface area is 290 Å². The van der Waals surface area contributed by atoms with Crippen LogP contribution in [0, 0.1) is 0 Å². The third-order valence-electron chi connectivity index (χ3n) is 5.55. The predicted octanol–water partition coefficient (Wildman–Crippen LogP) is 8.65.